The molecule has 1 rings (SSSR count). The molecule has 0 aliphatic heterocycles. The van der Waals surface area contributed by atoms with Crippen LogP contribution < -0.4 is 3.58 Å². The number of rotatable bonds is 1. The summed E-state index contributed by atoms with van der Waals surface area (Å²) in [4.78, 5) is 0. The standard InChI is InChI=1S/C5H5O2S2.Sn.3H/c1-9(6,7)5-3-2-4-8-5;;;;/h3-4H,1H3;;;;. The van der Waals surface area contributed by atoms with Crippen molar-refractivity contribution in [2.45, 2.75) is 4.21 Å². The summed E-state index contributed by atoms with van der Waals surface area (Å²) in [5.74, 6) is 0. The molecule has 0 saturated heterocycles. The van der Waals surface area contributed by atoms with Crippen molar-refractivity contribution >= 4 is 47.3 Å². The molecule has 0 aliphatic rings. The summed E-state index contributed by atoms with van der Waals surface area (Å²) in [6.45, 7) is 0. The summed E-state index contributed by atoms with van der Waals surface area (Å²) < 4.78 is 23.5. The number of hydrogen-bond donors (Lipinski definition) is 0. The molecule has 1 aromatic rings. The van der Waals surface area contributed by atoms with Crippen LogP contribution in [0.4, 0.5) is 0 Å². The second-order valence-electron chi connectivity index (χ2n) is 2.22. The van der Waals surface area contributed by atoms with Gasteiger partial charge >= 0.3 is 77.6 Å². The van der Waals surface area contributed by atoms with E-state index in [-0.39, 0.29) is 0 Å². The van der Waals surface area contributed by atoms with Crippen LogP contribution in [0.2, 0.25) is 0 Å². The molecule has 0 amide bonds. The van der Waals surface area contributed by atoms with Gasteiger partial charge in [0.2, 0.25) is 0 Å². The molecular weight excluding hydrogens is 275 g/mol. The van der Waals surface area contributed by atoms with Gasteiger partial charge in [0.15, 0.2) is 0 Å². The quantitative estimate of drug-likeness (QED) is 0.629. The van der Waals surface area contributed by atoms with E-state index >= 15 is 0 Å². The van der Waals surface area contributed by atoms with E-state index in [0.29, 0.717) is 26.7 Å². The van der Waals surface area contributed by atoms with Crippen molar-refractivity contribution in [2.75, 3.05) is 6.26 Å². The Morgan fingerprint density at radius 1 is 1.60 bits per heavy atom. The fraction of sp³-hybridized carbons (Fsp3) is 0.200. The van der Waals surface area contributed by atoms with Crippen LogP contribution in [-0.2, 0) is 9.84 Å². The summed E-state index contributed by atoms with van der Waals surface area (Å²) in [6, 6.07) is 1.77. The molecule has 0 fully saturated rings. The topological polar surface area (TPSA) is 34.1 Å². The van der Waals surface area contributed by atoms with Gasteiger partial charge < -0.3 is 0 Å². The second kappa shape index (κ2) is 2.83. The number of hydrogen-bond acceptors (Lipinski definition) is 3. The molecule has 0 unspecified atom stereocenters. The predicted molar refractivity (Wildman–Crippen MR) is 47.0 cm³/mol. The van der Waals surface area contributed by atoms with Gasteiger partial charge in [0.1, 0.15) is 0 Å². The van der Waals surface area contributed by atoms with Gasteiger partial charge in [0.25, 0.3) is 0 Å². The molecule has 1 aromatic heterocycles. The van der Waals surface area contributed by atoms with Gasteiger partial charge in [0.05, 0.1) is 0 Å². The minimum atomic E-state index is -2.93. The fourth-order valence-corrected chi connectivity index (χ4v) is 5.49. The molecule has 2 nitrogen and oxygen atoms in total. The molecule has 0 radical (unpaired) electrons. The summed E-state index contributed by atoms with van der Waals surface area (Å²) in [6.07, 6.45) is 1.24. The van der Waals surface area contributed by atoms with Gasteiger partial charge in [-0.1, -0.05) is 0 Å². The van der Waals surface area contributed by atoms with Crippen LogP contribution in [0.5, 0.6) is 0 Å². The van der Waals surface area contributed by atoms with E-state index in [0.717, 1.165) is 0 Å². The van der Waals surface area contributed by atoms with Crippen LogP contribution in [0.25, 0.3) is 0 Å². The SMILES string of the molecule is CS(=O)(=O)c1c[c]([SnH3])cs1. The third kappa shape index (κ3) is 1.96. The first-order valence-electron chi connectivity index (χ1n) is 2.75. The second-order valence-corrected chi connectivity index (χ2v) is 8.66. The Kier molecular flexibility index (Phi) is 2.41. The summed E-state index contributed by atoms with van der Waals surface area (Å²) in [5, 5.41) is 1.92. The maximum atomic E-state index is 10.9. The minimum absolute atomic E-state index is 0.435. The third-order valence-corrected chi connectivity index (χ3v) is 6.80. The zero-order valence-electron chi connectivity index (χ0n) is 5.79. The van der Waals surface area contributed by atoms with Gasteiger partial charge in [-0.15, -0.1) is 0 Å². The van der Waals surface area contributed by atoms with Crippen LogP contribution >= 0.6 is 11.3 Å². The summed E-state index contributed by atoms with van der Waals surface area (Å²) in [7, 11) is -2.93. The molecule has 0 N–H and O–H groups in total. The van der Waals surface area contributed by atoms with Crippen molar-refractivity contribution in [1.29, 1.82) is 0 Å². The Labute approximate surface area is 77.3 Å². The van der Waals surface area contributed by atoms with Crippen LogP contribution in [0.1, 0.15) is 0 Å². The normalized spacial score (nSPS) is 12.1. The van der Waals surface area contributed by atoms with Gasteiger partial charge in [-0.25, -0.2) is 0 Å². The van der Waals surface area contributed by atoms with Crippen LogP contribution in [0.15, 0.2) is 15.7 Å². The molecule has 1 heterocycles. The van der Waals surface area contributed by atoms with Gasteiger partial charge in [0, 0.05) is 0 Å². The monoisotopic (exact) mass is 284 g/mol. The van der Waals surface area contributed by atoms with Crippen LogP contribution in [-0.4, -0.2) is 37.2 Å². The van der Waals surface area contributed by atoms with Crippen molar-refractivity contribution in [3.05, 3.63) is 11.4 Å². The van der Waals surface area contributed by atoms with Crippen molar-refractivity contribution in [2.24, 2.45) is 0 Å². The van der Waals surface area contributed by atoms with Gasteiger partial charge in [-0.05, 0) is 0 Å². The Morgan fingerprint density at radius 3 is 2.40 bits per heavy atom. The van der Waals surface area contributed by atoms with Crippen molar-refractivity contribution in [1.82, 2.24) is 0 Å². The Bertz CT molecular complexity index is 325. The zero-order chi connectivity index (χ0) is 7.78. The fourth-order valence-electron chi connectivity index (χ4n) is 0.599. The molecule has 10 heavy (non-hydrogen) atoms. The molecule has 0 spiro atoms. The van der Waals surface area contributed by atoms with E-state index in [2.05, 4.69) is 0 Å². The van der Waals surface area contributed by atoms with Crippen molar-refractivity contribution in [3.8, 4) is 0 Å². The van der Waals surface area contributed by atoms with E-state index in [1.54, 1.807) is 6.07 Å². The molecule has 0 aromatic carbocycles. The first-order chi connectivity index (χ1) is 4.50. The summed E-state index contributed by atoms with van der Waals surface area (Å²) >= 11 is 1.76. The predicted octanol–water partition coefficient (Wildman–Crippen LogP) is -0.858. The van der Waals surface area contributed by atoms with Gasteiger partial charge in [-0.3, -0.25) is 0 Å². The van der Waals surface area contributed by atoms with Gasteiger partial charge in [-0.2, -0.15) is 0 Å². The first-order valence-corrected chi connectivity index (χ1v) is 8.38. The Hall–Kier alpha value is 0.449. The molecule has 0 bridgehead atoms. The molecule has 56 valence electrons. The van der Waals surface area contributed by atoms with E-state index in [4.69, 9.17) is 0 Å². The molecule has 0 saturated carbocycles. The van der Waals surface area contributed by atoms with E-state index < -0.39 is 9.84 Å². The average molecular weight is 283 g/mol. The van der Waals surface area contributed by atoms with Crippen LogP contribution in [0, 0.1) is 0 Å². The van der Waals surface area contributed by atoms with Crippen LogP contribution in [0.3, 0.4) is 0 Å². The molecule has 0 aliphatic carbocycles. The maximum absolute atomic E-state index is 10.9. The van der Waals surface area contributed by atoms with E-state index in [9.17, 15) is 8.42 Å². The molecule has 0 atom stereocenters. The zero-order valence-corrected chi connectivity index (χ0v) is 13.1. The first kappa shape index (κ1) is 8.54. The van der Waals surface area contributed by atoms with Crippen molar-refractivity contribution in [3.63, 3.8) is 0 Å². The molecule has 5 heteroatoms. The summed E-state index contributed by atoms with van der Waals surface area (Å²) in [5.41, 5.74) is 0. The Morgan fingerprint density at radius 2 is 2.20 bits per heavy atom. The van der Waals surface area contributed by atoms with E-state index in [1.807, 2.05) is 5.38 Å². The Balaban J connectivity index is 3.21. The molecular formula is C5H8O2S2Sn. The number of sulfone groups is 1. The third-order valence-electron chi connectivity index (χ3n) is 1.07. The van der Waals surface area contributed by atoms with E-state index in [1.165, 1.54) is 21.2 Å². The number of thiophene rings is 1. The average Bonchev–Trinajstić information content (AvgIpc) is 2.11. The van der Waals surface area contributed by atoms with Crippen molar-refractivity contribution < 1.29 is 8.42 Å².